The summed E-state index contributed by atoms with van der Waals surface area (Å²) in [7, 11) is 0. The maximum absolute atomic E-state index is 12.9. The first-order chi connectivity index (χ1) is 10.1. The first-order valence-electron chi connectivity index (χ1n) is 6.23. The van der Waals surface area contributed by atoms with Crippen LogP contribution in [0.25, 0.3) is 0 Å². The van der Waals surface area contributed by atoms with Gasteiger partial charge in [0.05, 0.1) is 0 Å². The number of halogens is 1. The van der Waals surface area contributed by atoms with Crippen LogP contribution >= 0.6 is 0 Å². The normalized spacial score (nSPS) is 11.5. The van der Waals surface area contributed by atoms with Crippen LogP contribution in [0.1, 0.15) is 11.6 Å². The number of nitrogens with one attached hydrogen (secondary N) is 2. The molecule has 0 saturated carbocycles. The second kappa shape index (κ2) is 6.51. The minimum atomic E-state index is -0.929. The average molecular weight is 287 g/mol. The van der Waals surface area contributed by atoms with Crippen LogP contribution < -0.4 is 16.4 Å². The lowest BCUT2D eigenvalue weighted by atomic mass is 10.1. The van der Waals surface area contributed by atoms with Crippen molar-refractivity contribution in [2.75, 3.05) is 5.32 Å². The Bertz CT molecular complexity index is 629. The van der Waals surface area contributed by atoms with Gasteiger partial charge >= 0.3 is 6.03 Å². The summed E-state index contributed by atoms with van der Waals surface area (Å²) in [5.41, 5.74) is 6.17. The fraction of sp³-hybridized carbons (Fsp3) is 0.0667. The second-order valence-corrected chi connectivity index (χ2v) is 4.35. The van der Waals surface area contributed by atoms with E-state index in [4.69, 9.17) is 5.73 Å². The molecular formula is C15H14FN3O2. The Balaban J connectivity index is 2.25. The van der Waals surface area contributed by atoms with Crippen LogP contribution in [0.5, 0.6) is 0 Å². The predicted molar refractivity (Wildman–Crippen MR) is 76.9 cm³/mol. The Labute approximate surface area is 121 Å². The van der Waals surface area contributed by atoms with Crippen LogP contribution in [0.15, 0.2) is 54.6 Å². The first-order valence-corrected chi connectivity index (χ1v) is 6.23. The fourth-order valence-electron chi connectivity index (χ4n) is 1.85. The molecular weight excluding hydrogens is 273 g/mol. The molecule has 3 amide bonds. The highest BCUT2D eigenvalue weighted by Crippen LogP contribution is 2.20. The highest BCUT2D eigenvalue weighted by Gasteiger charge is 2.21. The van der Waals surface area contributed by atoms with Gasteiger partial charge in [-0.15, -0.1) is 0 Å². The summed E-state index contributed by atoms with van der Waals surface area (Å²) in [6, 6.07) is 12.6. The monoisotopic (exact) mass is 287 g/mol. The van der Waals surface area contributed by atoms with Crippen molar-refractivity contribution in [3.05, 3.63) is 66.0 Å². The van der Waals surface area contributed by atoms with Crippen LogP contribution in [0.3, 0.4) is 0 Å². The molecule has 0 radical (unpaired) electrons. The van der Waals surface area contributed by atoms with Gasteiger partial charge in [0.2, 0.25) is 0 Å². The molecule has 0 aliphatic heterocycles. The van der Waals surface area contributed by atoms with Crippen LogP contribution in [0, 0.1) is 5.82 Å². The zero-order chi connectivity index (χ0) is 15.2. The number of amides is 3. The third-order valence-corrected chi connectivity index (χ3v) is 2.80. The maximum atomic E-state index is 12.9. The molecule has 2 rings (SSSR count). The average Bonchev–Trinajstić information content (AvgIpc) is 2.46. The summed E-state index contributed by atoms with van der Waals surface area (Å²) in [6.45, 7) is 0. The lowest BCUT2D eigenvalue weighted by Gasteiger charge is -2.19. The Morgan fingerprint density at radius 1 is 1.00 bits per heavy atom. The van der Waals surface area contributed by atoms with Crippen molar-refractivity contribution >= 4 is 17.6 Å². The molecule has 0 fully saturated rings. The molecule has 2 aromatic carbocycles. The Hall–Kier alpha value is -2.89. The van der Waals surface area contributed by atoms with Crippen molar-refractivity contribution in [3.8, 4) is 0 Å². The summed E-state index contributed by atoms with van der Waals surface area (Å²) in [5, 5.41) is 4.98. The quantitative estimate of drug-likeness (QED) is 0.805. The number of primary amides is 1. The zero-order valence-electron chi connectivity index (χ0n) is 11.0. The van der Waals surface area contributed by atoms with Crippen molar-refractivity contribution in [3.63, 3.8) is 0 Å². The number of hydrogen-bond acceptors (Lipinski definition) is 3. The van der Waals surface area contributed by atoms with Crippen molar-refractivity contribution < 1.29 is 14.0 Å². The SMILES string of the molecule is NC(=O)NC(=O)[C@H](Nc1ccc(F)cc1)c1ccccc1. The molecule has 108 valence electrons. The number of benzene rings is 2. The molecule has 0 aliphatic carbocycles. The fourth-order valence-corrected chi connectivity index (χ4v) is 1.85. The van der Waals surface area contributed by atoms with E-state index >= 15 is 0 Å². The number of urea groups is 1. The van der Waals surface area contributed by atoms with Crippen LogP contribution in [0.4, 0.5) is 14.9 Å². The highest BCUT2D eigenvalue weighted by atomic mass is 19.1. The number of anilines is 1. The van der Waals surface area contributed by atoms with Crippen molar-refractivity contribution in [1.29, 1.82) is 0 Å². The molecule has 0 spiro atoms. The van der Waals surface area contributed by atoms with E-state index in [-0.39, 0.29) is 5.82 Å². The lowest BCUT2D eigenvalue weighted by Crippen LogP contribution is -2.40. The van der Waals surface area contributed by atoms with Gasteiger partial charge in [-0.25, -0.2) is 9.18 Å². The summed E-state index contributed by atoms with van der Waals surface area (Å²) in [4.78, 5) is 22.9. The van der Waals surface area contributed by atoms with Crippen molar-refractivity contribution in [1.82, 2.24) is 5.32 Å². The van der Waals surface area contributed by atoms with Gasteiger partial charge in [0.1, 0.15) is 11.9 Å². The molecule has 6 heteroatoms. The largest absolute Gasteiger partial charge is 0.370 e. The van der Waals surface area contributed by atoms with Gasteiger partial charge in [0, 0.05) is 5.69 Å². The molecule has 0 aromatic heterocycles. The summed E-state index contributed by atoms with van der Waals surface area (Å²) < 4.78 is 12.9. The maximum Gasteiger partial charge on any atom is 0.318 e. The number of carbonyl (C=O) groups excluding carboxylic acids is 2. The molecule has 21 heavy (non-hydrogen) atoms. The molecule has 0 saturated heterocycles. The number of nitrogens with two attached hydrogens (primary N) is 1. The Morgan fingerprint density at radius 3 is 2.19 bits per heavy atom. The van der Waals surface area contributed by atoms with Gasteiger partial charge in [0.25, 0.3) is 5.91 Å². The molecule has 0 unspecified atom stereocenters. The van der Waals surface area contributed by atoms with Gasteiger partial charge < -0.3 is 11.1 Å². The minimum absolute atomic E-state index is 0.376. The molecule has 4 N–H and O–H groups in total. The molecule has 0 aliphatic rings. The standard InChI is InChI=1S/C15H14FN3O2/c16-11-6-8-12(9-7-11)18-13(14(20)19-15(17)21)10-4-2-1-3-5-10/h1-9,13,18H,(H3,17,19,20,21)/t13-/m1/s1. The van der Waals surface area contributed by atoms with Gasteiger partial charge in [-0.3, -0.25) is 10.1 Å². The van der Waals surface area contributed by atoms with Crippen molar-refractivity contribution in [2.45, 2.75) is 6.04 Å². The zero-order valence-corrected chi connectivity index (χ0v) is 11.0. The first kappa shape index (κ1) is 14.5. The van der Waals surface area contributed by atoms with E-state index < -0.39 is 18.0 Å². The van der Waals surface area contributed by atoms with Crippen LogP contribution in [-0.4, -0.2) is 11.9 Å². The van der Waals surface area contributed by atoms with Gasteiger partial charge in [-0.05, 0) is 29.8 Å². The van der Waals surface area contributed by atoms with E-state index in [1.54, 1.807) is 24.3 Å². The Morgan fingerprint density at radius 2 is 1.62 bits per heavy atom. The molecule has 0 bridgehead atoms. The summed E-state index contributed by atoms with van der Waals surface area (Å²) in [5.74, 6) is -0.962. The number of imide groups is 1. The predicted octanol–water partition coefficient (Wildman–Crippen LogP) is 2.17. The van der Waals surface area contributed by atoms with Crippen molar-refractivity contribution in [2.24, 2.45) is 5.73 Å². The van der Waals surface area contributed by atoms with Crippen LogP contribution in [-0.2, 0) is 4.79 Å². The number of carbonyl (C=O) groups is 2. The molecule has 2 aromatic rings. The third-order valence-electron chi connectivity index (χ3n) is 2.80. The topological polar surface area (TPSA) is 84.2 Å². The summed E-state index contributed by atoms with van der Waals surface area (Å²) >= 11 is 0. The van der Waals surface area contributed by atoms with E-state index in [0.717, 1.165) is 0 Å². The van der Waals surface area contributed by atoms with E-state index in [9.17, 15) is 14.0 Å². The van der Waals surface area contributed by atoms with E-state index in [2.05, 4.69) is 5.32 Å². The second-order valence-electron chi connectivity index (χ2n) is 4.35. The van der Waals surface area contributed by atoms with Gasteiger partial charge in [0.15, 0.2) is 0 Å². The van der Waals surface area contributed by atoms with E-state index in [1.165, 1.54) is 24.3 Å². The number of rotatable bonds is 4. The third kappa shape index (κ3) is 4.04. The highest BCUT2D eigenvalue weighted by molar-refractivity contribution is 5.98. The Kier molecular flexibility index (Phi) is 4.50. The smallest absolute Gasteiger partial charge is 0.318 e. The lowest BCUT2D eigenvalue weighted by molar-refractivity contribution is -0.120. The minimum Gasteiger partial charge on any atom is -0.370 e. The summed E-state index contributed by atoms with van der Waals surface area (Å²) in [6.07, 6.45) is 0. The molecule has 5 nitrogen and oxygen atoms in total. The molecule has 0 heterocycles. The van der Waals surface area contributed by atoms with Gasteiger partial charge in [-0.1, -0.05) is 30.3 Å². The van der Waals surface area contributed by atoms with E-state index in [1.807, 2.05) is 11.4 Å². The van der Waals surface area contributed by atoms with Crippen LogP contribution in [0.2, 0.25) is 0 Å². The van der Waals surface area contributed by atoms with E-state index in [0.29, 0.717) is 11.3 Å². The molecule has 1 atom stereocenters. The van der Waals surface area contributed by atoms with Gasteiger partial charge in [-0.2, -0.15) is 0 Å². The number of hydrogen-bond donors (Lipinski definition) is 3.